The first-order valence-corrected chi connectivity index (χ1v) is 10.5. The van der Waals surface area contributed by atoms with Crippen molar-refractivity contribution in [3.63, 3.8) is 0 Å². The van der Waals surface area contributed by atoms with E-state index >= 15 is 0 Å². The van der Waals surface area contributed by atoms with Crippen molar-refractivity contribution in [1.29, 1.82) is 0 Å². The molecule has 33 heavy (non-hydrogen) atoms. The molecular formula is C22H15Cl2N7O2. The number of rotatable bonds is 4. The maximum absolute atomic E-state index is 12.8. The topological polar surface area (TPSA) is 110 Å². The number of amides is 1. The molecule has 5 rings (SSSR count). The molecule has 1 amide bonds. The molecule has 0 spiro atoms. The summed E-state index contributed by atoms with van der Waals surface area (Å²) in [5.74, 6) is 0.00159. The summed E-state index contributed by atoms with van der Waals surface area (Å²) in [7, 11) is 0. The Morgan fingerprint density at radius 1 is 1.06 bits per heavy atom. The van der Waals surface area contributed by atoms with Gasteiger partial charge in [0.25, 0.3) is 11.5 Å². The number of carbonyl (C=O) groups is 1. The van der Waals surface area contributed by atoms with Gasteiger partial charge in [0.15, 0.2) is 5.65 Å². The third kappa shape index (κ3) is 3.88. The number of fused-ring (bicyclic) bond motifs is 1. The van der Waals surface area contributed by atoms with Crippen LogP contribution in [-0.2, 0) is 0 Å². The van der Waals surface area contributed by atoms with Crippen LogP contribution in [0.25, 0.3) is 22.7 Å². The summed E-state index contributed by atoms with van der Waals surface area (Å²) in [5, 5.41) is 12.6. The molecule has 0 fully saturated rings. The third-order valence-corrected chi connectivity index (χ3v) is 5.44. The summed E-state index contributed by atoms with van der Waals surface area (Å²) in [6, 6.07) is 15.4. The molecule has 9 nitrogen and oxygen atoms in total. The van der Waals surface area contributed by atoms with Crippen molar-refractivity contribution in [3.05, 3.63) is 92.5 Å². The van der Waals surface area contributed by atoms with E-state index in [1.54, 1.807) is 61.5 Å². The van der Waals surface area contributed by atoms with E-state index in [9.17, 15) is 9.59 Å². The van der Waals surface area contributed by atoms with Gasteiger partial charge < -0.3 is 5.32 Å². The number of halogens is 2. The molecule has 0 saturated heterocycles. The number of aryl methyl sites for hydroxylation is 1. The van der Waals surface area contributed by atoms with E-state index in [-0.39, 0.29) is 5.95 Å². The Labute approximate surface area is 196 Å². The van der Waals surface area contributed by atoms with E-state index in [1.807, 2.05) is 0 Å². The number of nitrogens with one attached hydrogen (secondary N) is 2. The van der Waals surface area contributed by atoms with Crippen LogP contribution in [0.5, 0.6) is 0 Å². The summed E-state index contributed by atoms with van der Waals surface area (Å²) < 4.78 is 2.86. The second-order valence-electron chi connectivity index (χ2n) is 7.18. The van der Waals surface area contributed by atoms with Crippen LogP contribution < -0.4 is 10.9 Å². The highest BCUT2D eigenvalue weighted by molar-refractivity contribution is 6.34. The highest BCUT2D eigenvalue weighted by atomic mass is 35.5. The number of aromatic amines is 1. The first kappa shape index (κ1) is 20.9. The predicted molar refractivity (Wildman–Crippen MR) is 126 cm³/mol. The van der Waals surface area contributed by atoms with Crippen LogP contribution in [0.3, 0.4) is 0 Å². The van der Waals surface area contributed by atoms with E-state index in [0.717, 1.165) is 0 Å². The summed E-state index contributed by atoms with van der Waals surface area (Å²) in [4.78, 5) is 32.8. The zero-order valence-electron chi connectivity index (χ0n) is 17.1. The van der Waals surface area contributed by atoms with Gasteiger partial charge in [-0.1, -0.05) is 41.4 Å². The van der Waals surface area contributed by atoms with Crippen LogP contribution >= 0.6 is 23.2 Å². The van der Waals surface area contributed by atoms with E-state index in [0.29, 0.717) is 43.8 Å². The maximum Gasteiger partial charge on any atom is 0.263 e. The SMILES string of the molecule is Cc1cc(NC(=O)c2ccccc2Cl)n(-c2nc3c(cnn3-c3cccc(Cl)c3)c(=O)[nH]2)n1. The van der Waals surface area contributed by atoms with Crippen LogP contribution in [0, 0.1) is 6.92 Å². The molecule has 0 bridgehead atoms. The standard InChI is InChI=1S/C22H15Cl2N7O2/c1-12-9-18(26-20(32)15-7-2-3-8-17(15)24)31(29-12)22-27-19-16(21(33)28-22)11-25-30(19)14-6-4-5-13(23)10-14/h2-11H,1H3,(H,26,32)(H,27,28,33). The molecular weight excluding hydrogens is 465 g/mol. The molecule has 2 N–H and O–H groups in total. The molecule has 164 valence electrons. The number of aromatic nitrogens is 6. The zero-order chi connectivity index (χ0) is 23.1. The first-order chi connectivity index (χ1) is 15.9. The van der Waals surface area contributed by atoms with Gasteiger partial charge in [0, 0.05) is 11.1 Å². The normalized spacial score (nSPS) is 11.1. The molecule has 0 atom stereocenters. The number of hydrogen-bond donors (Lipinski definition) is 2. The summed E-state index contributed by atoms with van der Waals surface area (Å²) in [5.41, 5.74) is 1.47. The zero-order valence-corrected chi connectivity index (χ0v) is 18.6. The van der Waals surface area contributed by atoms with Gasteiger partial charge in [0.1, 0.15) is 11.2 Å². The van der Waals surface area contributed by atoms with Crippen LogP contribution in [-0.4, -0.2) is 35.4 Å². The minimum absolute atomic E-state index is 0.110. The van der Waals surface area contributed by atoms with Crippen LogP contribution in [0.4, 0.5) is 5.82 Å². The predicted octanol–water partition coefficient (Wildman–Crippen LogP) is 4.16. The second-order valence-corrected chi connectivity index (χ2v) is 8.02. The van der Waals surface area contributed by atoms with Crippen molar-refractivity contribution in [3.8, 4) is 11.6 Å². The Balaban J connectivity index is 1.60. The van der Waals surface area contributed by atoms with Gasteiger partial charge in [0.05, 0.1) is 28.2 Å². The minimum atomic E-state index is -0.422. The molecule has 2 aromatic carbocycles. The number of anilines is 1. The van der Waals surface area contributed by atoms with Gasteiger partial charge in [-0.3, -0.25) is 14.6 Å². The molecule has 3 aromatic heterocycles. The molecule has 0 unspecified atom stereocenters. The first-order valence-electron chi connectivity index (χ1n) is 9.77. The van der Waals surface area contributed by atoms with Crippen molar-refractivity contribution in [2.24, 2.45) is 0 Å². The van der Waals surface area contributed by atoms with Crippen molar-refractivity contribution >= 4 is 46.0 Å². The third-order valence-electron chi connectivity index (χ3n) is 4.87. The highest BCUT2D eigenvalue weighted by Gasteiger charge is 2.18. The van der Waals surface area contributed by atoms with Gasteiger partial charge in [-0.05, 0) is 37.3 Å². The molecule has 5 aromatic rings. The average molecular weight is 480 g/mol. The average Bonchev–Trinajstić information content (AvgIpc) is 3.37. The van der Waals surface area contributed by atoms with Crippen molar-refractivity contribution in [2.45, 2.75) is 6.92 Å². The summed E-state index contributed by atoms with van der Waals surface area (Å²) in [6.45, 7) is 1.76. The molecule has 0 aliphatic heterocycles. The lowest BCUT2D eigenvalue weighted by Gasteiger charge is -2.09. The lowest BCUT2D eigenvalue weighted by atomic mass is 10.2. The molecule has 11 heteroatoms. The molecule has 3 heterocycles. The minimum Gasteiger partial charge on any atom is -0.306 e. The van der Waals surface area contributed by atoms with Gasteiger partial charge in [-0.2, -0.15) is 19.9 Å². The lowest BCUT2D eigenvalue weighted by Crippen LogP contribution is -2.19. The largest absolute Gasteiger partial charge is 0.306 e. The maximum atomic E-state index is 12.8. The van der Waals surface area contributed by atoms with Crippen LogP contribution in [0.1, 0.15) is 16.1 Å². The van der Waals surface area contributed by atoms with Crippen LogP contribution in [0.2, 0.25) is 10.0 Å². The molecule has 0 aliphatic carbocycles. The second kappa shape index (κ2) is 8.19. The number of H-pyrrole nitrogens is 1. The van der Waals surface area contributed by atoms with Crippen molar-refractivity contribution in [1.82, 2.24) is 29.5 Å². The number of benzene rings is 2. The number of nitrogens with zero attached hydrogens (tertiary/aromatic N) is 5. The van der Waals surface area contributed by atoms with Gasteiger partial charge in [-0.15, -0.1) is 0 Å². The fourth-order valence-electron chi connectivity index (χ4n) is 3.38. The van der Waals surface area contributed by atoms with Gasteiger partial charge in [0.2, 0.25) is 5.95 Å². The molecule has 0 radical (unpaired) electrons. The van der Waals surface area contributed by atoms with Crippen LogP contribution in [0.15, 0.2) is 65.6 Å². The number of hydrogen-bond acceptors (Lipinski definition) is 5. The quantitative estimate of drug-likeness (QED) is 0.401. The van der Waals surface area contributed by atoms with Gasteiger partial charge >= 0.3 is 0 Å². The molecule has 0 saturated carbocycles. The Morgan fingerprint density at radius 3 is 2.67 bits per heavy atom. The smallest absolute Gasteiger partial charge is 0.263 e. The van der Waals surface area contributed by atoms with E-state index in [4.69, 9.17) is 23.2 Å². The van der Waals surface area contributed by atoms with E-state index < -0.39 is 11.5 Å². The van der Waals surface area contributed by atoms with Gasteiger partial charge in [-0.25, -0.2) is 4.68 Å². The monoisotopic (exact) mass is 479 g/mol. The van der Waals surface area contributed by atoms with E-state index in [1.165, 1.54) is 15.6 Å². The Hall–Kier alpha value is -3.95. The molecule has 0 aliphatic rings. The Bertz CT molecular complexity index is 1590. The van der Waals surface area contributed by atoms with E-state index in [2.05, 4.69) is 25.5 Å². The lowest BCUT2D eigenvalue weighted by molar-refractivity contribution is 0.102. The van der Waals surface area contributed by atoms with Crippen molar-refractivity contribution < 1.29 is 4.79 Å². The summed E-state index contributed by atoms with van der Waals surface area (Å²) >= 11 is 12.3. The summed E-state index contributed by atoms with van der Waals surface area (Å²) in [6.07, 6.45) is 1.43. The fraction of sp³-hybridized carbons (Fsp3) is 0.0455. The Kier molecular flexibility index (Phi) is 5.20. The Morgan fingerprint density at radius 2 is 1.88 bits per heavy atom. The fourth-order valence-corrected chi connectivity index (χ4v) is 3.79. The van der Waals surface area contributed by atoms with Crippen molar-refractivity contribution in [2.75, 3.05) is 5.32 Å². The number of carbonyl (C=O) groups excluding carboxylic acids is 1. The highest BCUT2D eigenvalue weighted by Crippen LogP contribution is 2.21.